The highest BCUT2D eigenvalue weighted by atomic mass is 32.2. The first kappa shape index (κ1) is 17.5. The molecule has 0 aliphatic heterocycles. The molecule has 0 aliphatic rings. The summed E-state index contributed by atoms with van der Waals surface area (Å²) in [5, 5.41) is 2.91. The molecule has 0 radical (unpaired) electrons. The minimum atomic E-state index is -0.904. The fraction of sp³-hybridized carbons (Fsp3) is 0.278. The van der Waals surface area contributed by atoms with Crippen LogP contribution in [0.2, 0.25) is 0 Å². The van der Waals surface area contributed by atoms with Crippen LogP contribution in [0.3, 0.4) is 0 Å². The standard InChI is InChI=1S/C18H19F2NOS/c1-11-4-5-14(8-12(11)2)13(3)21-18(22)10-23-15-6-7-16(19)17(20)9-15/h4-9,13H,10H2,1-3H3,(H,21,22)/t13-/m0/s1. The van der Waals surface area contributed by atoms with Crippen molar-refractivity contribution in [3.05, 3.63) is 64.7 Å². The second kappa shape index (κ2) is 7.59. The Morgan fingerprint density at radius 2 is 1.83 bits per heavy atom. The molecule has 0 aromatic heterocycles. The lowest BCUT2D eigenvalue weighted by Crippen LogP contribution is -2.28. The summed E-state index contributed by atoms with van der Waals surface area (Å²) >= 11 is 1.18. The van der Waals surface area contributed by atoms with Crippen LogP contribution in [-0.4, -0.2) is 11.7 Å². The quantitative estimate of drug-likeness (QED) is 0.812. The van der Waals surface area contributed by atoms with Gasteiger partial charge in [0.15, 0.2) is 11.6 Å². The molecule has 0 saturated carbocycles. The van der Waals surface area contributed by atoms with Crippen LogP contribution in [0.25, 0.3) is 0 Å². The number of aryl methyl sites for hydroxylation is 2. The largest absolute Gasteiger partial charge is 0.349 e. The van der Waals surface area contributed by atoms with Crippen LogP contribution < -0.4 is 5.32 Å². The summed E-state index contributed by atoms with van der Waals surface area (Å²) in [4.78, 5) is 12.5. The molecule has 0 saturated heterocycles. The second-order valence-corrected chi connectivity index (χ2v) is 6.55. The lowest BCUT2D eigenvalue weighted by atomic mass is 10.0. The zero-order valence-electron chi connectivity index (χ0n) is 13.3. The van der Waals surface area contributed by atoms with E-state index in [1.54, 1.807) is 0 Å². The van der Waals surface area contributed by atoms with Gasteiger partial charge in [0.1, 0.15) is 0 Å². The predicted octanol–water partition coefficient (Wildman–Crippen LogP) is 4.55. The highest BCUT2D eigenvalue weighted by Crippen LogP contribution is 2.21. The van der Waals surface area contributed by atoms with Crippen LogP contribution in [0.1, 0.15) is 29.7 Å². The Morgan fingerprint density at radius 3 is 2.48 bits per heavy atom. The van der Waals surface area contributed by atoms with Crippen molar-refractivity contribution in [3.63, 3.8) is 0 Å². The summed E-state index contributed by atoms with van der Waals surface area (Å²) < 4.78 is 26.0. The highest BCUT2D eigenvalue weighted by Gasteiger charge is 2.11. The van der Waals surface area contributed by atoms with Gasteiger partial charge in [-0.2, -0.15) is 0 Å². The Hall–Kier alpha value is -1.88. The van der Waals surface area contributed by atoms with Crippen LogP contribution in [0.4, 0.5) is 8.78 Å². The number of benzene rings is 2. The summed E-state index contributed by atoms with van der Waals surface area (Å²) in [6.45, 7) is 6.00. The van der Waals surface area contributed by atoms with E-state index in [0.717, 1.165) is 17.7 Å². The van der Waals surface area contributed by atoms with E-state index < -0.39 is 11.6 Å². The van der Waals surface area contributed by atoms with E-state index in [9.17, 15) is 13.6 Å². The normalized spacial score (nSPS) is 12.0. The van der Waals surface area contributed by atoms with Crippen molar-refractivity contribution in [1.82, 2.24) is 5.32 Å². The van der Waals surface area contributed by atoms with Crippen molar-refractivity contribution in [3.8, 4) is 0 Å². The van der Waals surface area contributed by atoms with Crippen molar-refractivity contribution in [2.45, 2.75) is 31.7 Å². The average molecular weight is 335 g/mol. The molecular formula is C18H19F2NOS. The first-order valence-corrected chi connectivity index (χ1v) is 8.29. The number of rotatable bonds is 5. The molecule has 1 amide bonds. The van der Waals surface area contributed by atoms with Gasteiger partial charge in [-0.15, -0.1) is 11.8 Å². The number of amides is 1. The number of hydrogen-bond donors (Lipinski definition) is 1. The SMILES string of the molecule is Cc1ccc([C@H](C)NC(=O)CSc2ccc(F)c(F)c2)cc1C. The zero-order chi connectivity index (χ0) is 17.0. The molecule has 122 valence electrons. The van der Waals surface area contributed by atoms with Gasteiger partial charge in [-0.05, 0) is 55.7 Å². The molecule has 0 aliphatic carbocycles. The smallest absolute Gasteiger partial charge is 0.230 e. The Morgan fingerprint density at radius 1 is 1.09 bits per heavy atom. The Bertz CT molecular complexity index is 718. The molecule has 0 unspecified atom stereocenters. The summed E-state index contributed by atoms with van der Waals surface area (Å²) in [5.74, 6) is -1.79. The van der Waals surface area contributed by atoms with Gasteiger partial charge < -0.3 is 5.32 Å². The van der Waals surface area contributed by atoms with Gasteiger partial charge in [0.05, 0.1) is 11.8 Å². The molecule has 0 bridgehead atoms. The number of thioether (sulfide) groups is 1. The maximum atomic E-state index is 13.1. The number of carbonyl (C=O) groups excluding carboxylic acids is 1. The van der Waals surface area contributed by atoms with Gasteiger partial charge in [0, 0.05) is 4.90 Å². The zero-order valence-corrected chi connectivity index (χ0v) is 14.1. The van der Waals surface area contributed by atoms with Crippen LogP contribution >= 0.6 is 11.8 Å². The first-order chi connectivity index (χ1) is 10.9. The topological polar surface area (TPSA) is 29.1 Å². The van der Waals surface area contributed by atoms with Gasteiger partial charge >= 0.3 is 0 Å². The third-order valence-corrected chi connectivity index (χ3v) is 4.66. The van der Waals surface area contributed by atoms with Gasteiger partial charge in [0.2, 0.25) is 5.91 Å². The van der Waals surface area contributed by atoms with Crippen LogP contribution in [0.15, 0.2) is 41.3 Å². The summed E-state index contributed by atoms with van der Waals surface area (Å²) in [7, 11) is 0. The minimum Gasteiger partial charge on any atom is -0.349 e. The number of nitrogens with one attached hydrogen (secondary N) is 1. The fourth-order valence-corrected chi connectivity index (χ4v) is 2.85. The molecule has 1 N–H and O–H groups in total. The molecule has 2 aromatic carbocycles. The number of hydrogen-bond acceptors (Lipinski definition) is 2. The maximum Gasteiger partial charge on any atom is 0.230 e. The molecule has 2 rings (SSSR count). The highest BCUT2D eigenvalue weighted by molar-refractivity contribution is 8.00. The van der Waals surface area contributed by atoms with Crippen molar-refractivity contribution in [2.75, 3.05) is 5.75 Å². The van der Waals surface area contributed by atoms with Crippen molar-refractivity contribution in [1.29, 1.82) is 0 Å². The van der Waals surface area contributed by atoms with Gasteiger partial charge in [-0.3, -0.25) is 4.79 Å². The van der Waals surface area contributed by atoms with E-state index in [4.69, 9.17) is 0 Å². The van der Waals surface area contributed by atoms with E-state index in [1.165, 1.54) is 29.0 Å². The molecule has 5 heteroatoms. The van der Waals surface area contributed by atoms with Crippen LogP contribution in [0.5, 0.6) is 0 Å². The van der Waals surface area contributed by atoms with E-state index in [1.807, 2.05) is 32.9 Å². The molecule has 2 aromatic rings. The van der Waals surface area contributed by atoms with E-state index >= 15 is 0 Å². The van der Waals surface area contributed by atoms with Crippen molar-refractivity contribution < 1.29 is 13.6 Å². The summed E-state index contributed by atoms with van der Waals surface area (Å²) in [6, 6.07) is 9.60. The van der Waals surface area contributed by atoms with Gasteiger partial charge in [0.25, 0.3) is 0 Å². The monoisotopic (exact) mass is 335 g/mol. The summed E-state index contributed by atoms with van der Waals surface area (Å²) in [6.07, 6.45) is 0. The number of halogens is 2. The van der Waals surface area contributed by atoms with E-state index in [0.29, 0.717) is 4.90 Å². The summed E-state index contributed by atoms with van der Waals surface area (Å²) in [5.41, 5.74) is 3.43. The molecule has 23 heavy (non-hydrogen) atoms. The lowest BCUT2D eigenvalue weighted by Gasteiger charge is -2.15. The third-order valence-electron chi connectivity index (χ3n) is 3.67. The second-order valence-electron chi connectivity index (χ2n) is 5.50. The van der Waals surface area contributed by atoms with Crippen molar-refractivity contribution >= 4 is 17.7 Å². The number of carbonyl (C=O) groups is 1. The van der Waals surface area contributed by atoms with E-state index in [-0.39, 0.29) is 17.7 Å². The fourth-order valence-electron chi connectivity index (χ4n) is 2.12. The molecule has 1 atom stereocenters. The maximum absolute atomic E-state index is 13.1. The first-order valence-electron chi connectivity index (χ1n) is 7.31. The van der Waals surface area contributed by atoms with Crippen LogP contribution in [-0.2, 0) is 4.79 Å². The molecule has 0 fully saturated rings. The molecule has 0 heterocycles. The molecule has 0 spiro atoms. The van der Waals surface area contributed by atoms with Gasteiger partial charge in [-0.1, -0.05) is 18.2 Å². The molecular weight excluding hydrogens is 316 g/mol. The molecule has 2 nitrogen and oxygen atoms in total. The predicted molar refractivity (Wildman–Crippen MR) is 89.6 cm³/mol. The Labute approximate surface area is 139 Å². The average Bonchev–Trinajstić information content (AvgIpc) is 2.51. The third kappa shape index (κ3) is 4.79. The van der Waals surface area contributed by atoms with E-state index in [2.05, 4.69) is 11.4 Å². The van der Waals surface area contributed by atoms with Crippen molar-refractivity contribution in [2.24, 2.45) is 0 Å². The van der Waals surface area contributed by atoms with Crippen LogP contribution in [0, 0.1) is 25.5 Å². The Kier molecular flexibility index (Phi) is 5.77. The Balaban J connectivity index is 1.90. The lowest BCUT2D eigenvalue weighted by molar-refractivity contribution is -0.119. The minimum absolute atomic E-state index is 0.104. The van der Waals surface area contributed by atoms with Gasteiger partial charge in [-0.25, -0.2) is 8.78 Å².